The zero-order chi connectivity index (χ0) is 19.5. The minimum atomic E-state index is -0.680. The summed E-state index contributed by atoms with van der Waals surface area (Å²) in [6.07, 6.45) is 2.02. The number of amides is 2. The average Bonchev–Trinajstić information content (AvgIpc) is 2.97. The first-order valence-electron chi connectivity index (χ1n) is 8.58. The van der Waals surface area contributed by atoms with Gasteiger partial charge in [0, 0.05) is 5.54 Å². The van der Waals surface area contributed by atoms with Gasteiger partial charge in [0.25, 0.3) is 5.91 Å². The van der Waals surface area contributed by atoms with Gasteiger partial charge in [-0.05, 0) is 58.4 Å². The molecule has 0 bridgehead atoms. The quantitative estimate of drug-likeness (QED) is 0.861. The number of rotatable bonds is 5. The minimum Gasteiger partial charge on any atom is -0.350 e. The number of nitrogens with zero attached hydrogens (tertiary/aromatic N) is 2. The number of carbonyl (C=O) groups is 2. The second-order valence-corrected chi connectivity index (χ2v) is 7.18. The van der Waals surface area contributed by atoms with Crippen molar-refractivity contribution < 1.29 is 14.0 Å². The van der Waals surface area contributed by atoms with Crippen LogP contribution < -0.4 is 10.6 Å². The van der Waals surface area contributed by atoms with Gasteiger partial charge in [0.1, 0.15) is 11.9 Å². The maximum Gasteiger partial charge on any atom is 0.255 e. The first kappa shape index (κ1) is 19.6. The molecule has 0 radical (unpaired) electrons. The fourth-order valence-corrected chi connectivity index (χ4v) is 2.53. The first-order valence-corrected chi connectivity index (χ1v) is 8.58. The molecule has 0 aliphatic rings. The van der Waals surface area contributed by atoms with E-state index in [1.54, 1.807) is 23.7 Å². The van der Waals surface area contributed by atoms with E-state index in [1.165, 1.54) is 18.3 Å². The van der Waals surface area contributed by atoms with Crippen LogP contribution in [-0.4, -0.2) is 33.2 Å². The number of aromatic nitrogens is 2. The van der Waals surface area contributed by atoms with E-state index >= 15 is 0 Å². The SMILES string of the molecule is CCc1c(C(=O)N[C@@H](C)C(=O)NC(C)(C)C)cnn1-c1ccc(F)cc1. The number of benzene rings is 1. The molecule has 2 rings (SSSR count). The van der Waals surface area contributed by atoms with Gasteiger partial charge in [0.2, 0.25) is 5.91 Å². The molecule has 140 valence electrons. The van der Waals surface area contributed by atoms with E-state index in [2.05, 4.69) is 15.7 Å². The molecular formula is C19H25FN4O2. The Kier molecular flexibility index (Phi) is 5.79. The molecule has 1 aromatic carbocycles. The number of halogens is 1. The molecule has 2 aromatic rings. The maximum absolute atomic E-state index is 13.1. The van der Waals surface area contributed by atoms with Crippen LogP contribution in [0, 0.1) is 5.82 Å². The monoisotopic (exact) mass is 360 g/mol. The molecule has 0 spiro atoms. The van der Waals surface area contributed by atoms with Crippen LogP contribution in [0.1, 0.15) is 50.7 Å². The lowest BCUT2D eigenvalue weighted by atomic mass is 10.1. The zero-order valence-electron chi connectivity index (χ0n) is 15.8. The molecule has 7 heteroatoms. The van der Waals surface area contributed by atoms with E-state index in [0.29, 0.717) is 23.4 Å². The van der Waals surface area contributed by atoms with Gasteiger partial charge >= 0.3 is 0 Å². The van der Waals surface area contributed by atoms with E-state index in [4.69, 9.17) is 0 Å². The standard InChI is InChI=1S/C19H25FN4O2/c1-6-16-15(11-21-24(16)14-9-7-13(20)8-10-14)18(26)22-12(2)17(25)23-19(3,4)5/h7-12H,6H2,1-5H3,(H,22,26)(H,23,25)/t12-/m0/s1. The predicted molar refractivity (Wildman–Crippen MR) is 97.7 cm³/mol. The van der Waals surface area contributed by atoms with Crippen LogP contribution in [0.4, 0.5) is 4.39 Å². The van der Waals surface area contributed by atoms with Crippen molar-refractivity contribution in [2.24, 2.45) is 0 Å². The summed E-state index contributed by atoms with van der Waals surface area (Å²) in [5, 5.41) is 9.79. The minimum absolute atomic E-state index is 0.255. The second kappa shape index (κ2) is 7.68. The largest absolute Gasteiger partial charge is 0.350 e. The zero-order valence-corrected chi connectivity index (χ0v) is 15.8. The summed E-state index contributed by atoms with van der Waals surface area (Å²) in [5.41, 5.74) is 1.38. The van der Waals surface area contributed by atoms with Crippen molar-refractivity contribution in [1.29, 1.82) is 0 Å². The Labute approximate surface area is 152 Å². The second-order valence-electron chi connectivity index (χ2n) is 7.18. The van der Waals surface area contributed by atoms with Crippen LogP contribution in [0.3, 0.4) is 0 Å². The molecule has 0 aliphatic carbocycles. The highest BCUT2D eigenvalue weighted by Gasteiger charge is 2.23. The molecule has 2 amide bonds. The summed E-state index contributed by atoms with van der Waals surface area (Å²) in [7, 11) is 0. The first-order chi connectivity index (χ1) is 12.1. The van der Waals surface area contributed by atoms with E-state index in [9.17, 15) is 14.0 Å². The van der Waals surface area contributed by atoms with Gasteiger partial charge in [-0.2, -0.15) is 5.10 Å². The third-order valence-electron chi connectivity index (χ3n) is 3.76. The Balaban J connectivity index is 2.19. The third-order valence-corrected chi connectivity index (χ3v) is 3.76. The van der Waals surface area contributed by atoms with Crippen molar-refractivity contribution in [3.05, 3.63) is 47.5 Å². The Morgan fingerprint density at radius 2 is 1.85 bits per heavy atom. The Hall–Kier alpha value is -2.70. The summed E-state index contributed by atoms with van der Waals surface area (Å²) >= 11 is 0. The highest BCUT2D eigenvalue weighted by Crippen LogP contribution is 2.16. The lowest BCUT2D eigenvalue weighted by molar-refractivity contribution is -0.124. The molecule has 6 nitrogen and oxygen atoms in total. The molecular weight excluding hydrogens is 335 g/mol. The molecule has 1 atom stereocenters. The molecule has 2 N–H and O–H groups in total. The normalized spacial score (nSPS) is 12.5. The van der Waals surface area contributed by atoms with Gasteiger partial charge < -0.3 is 10.6 Å². The van der Waals surface area contributed by atoms with Gasteiger partial charge in [-0.3, -0.25) is 9.59 Å². The van der Waals surface area contributed by atoms with Crippen molar-refractivity contribution in [1.82, 2.24) is 20.4 Å². The van der Waals surface area contributed by atoms with Gasteiger partial charge in [-0.25, -0.2) is 9.07 Å². The smallest absolute Gasteiger partial charge is 0.255 e. The summed E-state index contributed by atoms with van der Waals surface area (Å²) in [6, 6.07) is 5.20. The highest BCUT2D eigenvalue weighted by atomic mass is 19.1. The van der Waals surface area contributed by atoms with E-state index in [0.717, 1.165) is 0 Å². The summed E-state index contributed by atoms with van der Waals surface area (Å²) in [6.45, 7) is 9.17. The number of carbonyl (C=O) groups excluding carboxylic acids is 2. The molecule has 0 saturated carbocycles. The van der Waals surface area contributed by atoms with Crippen molar-refractivity contribution >= 4 is 11.8 Å². The molecule has 26 heavy (non-hydrogen) atoms. The maximum atomic E-state index is 13.1. The van der Waals surface area contributed by atoms with Crippen LogP contribution in [0.2, 0.25) is 0 Å². The van der Waals surface area contributed by atoms with Crippen LogP contribution >= 0.6 is 0 Å². The lowest BCUT2D eigenvalue weighted by Crippen LogP contribution is -2.50. The molecule has 0 saturated heterocycles. The number of nitrogens with one attached hydrogen (secondary N) is 2. The van der Waals surface area contributed by atoms with Crippen LogP contribution in [-0.2, 0) is 11.2 Å². The van der Waals surface area contributed by atoms with Crippen LogP contribution in [0.25, 0.3) is 5.69 Å². The number of hydrogen-bond donors (Lipinski definition) is 2. The summed E-state index contributed by atoms with van der Waals surface area (Å²) in [4.78, 5) is 24.8. The Morgan fingerprint density at radius 3 is 2.38 bits per heavy atom. The molecule has 0 aliphatic heterocycles. The molecule has 1 aromatic heterocycles. The number of hydrogen-bond acceptors (Lipinski definition) is 3. The topological polar surface area (TPSA) is 76.0 Å². The lowest BCUT2D eigenvalue weighted by Gasteiger charge is -2.23. The van der Waals surface area contributed by atoms with Crippen molar-refractivity contribution in [3.8, 4) is 5.69 Å². The van der Waals surface area contributed by atoms with Gasteiger partial charge in [0.15, 0.2) is 0 Å². The molecule has 1 heterocycles. The van der Waals surface area contributed by atoms with Crippen LogP contribution in [0.15, 0.2) is 30.5 Å². The fourth-order valence-electron chi connectivity index (χ4n) is 2.53. The van der Waals surface area contributed by atoms with Gasteiger partial charge in [-0.1, -0.05) is 6.92 Å². The van der Waals surface area contributed by atoms with Crippen LogP contribution in [0.5, 0.6) is 0 Å². The van der Waals surface area contributed by atoms with E-state index < -0.39 is 6.04 Å². The fraction of sp³-hybridized carbons (Fsp3) is 0.421. The Bertz CT molecular complexity index is 791. The van der Waals surface area contributed by atoms with E-state index in [-0.39, 0.29) is 23.2 Å². The summed E-state index contributed by atoms with van der Waals surface area (Å²) in [5.74, 6) is -0.961. The summed E-state index contributed by atoms with van der Waals surface area (Å²) < 4.78 is 14.7. The highest BCUT2D eigenvalue weighted by molar-refractivity contribution is 5.98. The van der Waals surface area contributed by atoms with Gasteiger partial charge in [0.05, 0.1) is 23.1 Å². The van der Waals surface area contributed by atoms with Crippen molar-refractivity contribution in [2.75, 3.05) is 0 Å². The average molecular weight is 360 g/mol. The Morgan fingerprint density at radius 1 is 1.23 bits per heavy atom. The van der Waals surface area contributed by atoms with Crippen molar-refractivity contribution in [2.45, 2.75) is 52.6 Å². The molecule has 0 fully saturated rings. The predicted octanol–water partition coefficient (Wildman–Crippen LogP) is 2.61. The third kappa shape index (κ3) is 4.68. The van der Waals surface area contributed by atoms with E-state index in [1.807, 2.05) is 27.7 Å². The van der Waals surface area contributed by atoms with Gasteiger partial charge in [-0.15, -0.1) is 0 Å². The molecule has 0 unspecified atom stereocenters. The van der Waals surface area contributed by atoms with Crippen molar-refractivity contribution in [3.63, 3.8) is 0 Å².